The van der Waals surface area contributed by atoms with Crippen molar-refractivity contribution in [2.75, 3.05) is 6.61 Å². The zero-order valence-corrected chi connectivity index (χ0v) is 43.7. The van der Waals surface area contributed by atoms with E-state index in [-0.39, 0.29) is 24.9 Å². The second-order valence-electron chi connectivity index (χ2n) is 20.4. The van der Waals surface area contributed by atoms with Crippen molar-refractivity contribution >= 4 is 11.9 Å². The van der Waals surface area contributed by atoms with E-state index >= 15 is 0 Å². The van der Waals surface area contributed by atoms with Crippen LogP contribution in [0.25, 0.3) is 0 Å². The molecule has 0 heterocycles. The molecule has 0 bridgehead atoms. The molecule has 0 rings (SSSR count). The van der Waals surface area contributed by atoms with Gasteiger partial charge in [-0.2, -0.15) is 0 Å². The number of carbonyl (C=O) groups excluding carboxylic acids is 2. The Hall–Kier alpha value is -1.14. The molecule has 0 aromatic heterocycles. The average molecular weight is 907 g/mol. The van der Waals surface area contributed by atoms with Gasteiger partial charge >= 0.3 is 5.97 Å². The third-order valence-electron chi connectivity index (χ3n) is 13.9. The molecule has 64 heavy (non-hydrogen) atoms. The van der Waals surface area contributed by atoms with Gasteiger partial charge < -0.3 is 20.3 Å². The molecule has 382 valence electrons. The lowest BCUT2D eigenvalue weighted by Gasteiger charge is -2.24. The molecule has 0 aromatic rings. The van der Waals surface area contributed by atoms with Crippen LogP contribution in [0.3, 0.4) is 0 Å². The molecule has 0 radical (unpaired) electrons. The minimum atomic E-state index is -0.779. The summed E-state index contributed by atoms with van der Waals surface area (Å²) in [4.78, 5) is 26.3. The molecule has 6 nitrogen and oxygen atoms in total. The van der Waals surface area contributed by atoms with Crippen LogP contribution < -0.4 is 5.32 Å². The van der Waals surface area contributed by atoms with Gasteiger partial charge in [0.1, 0.15) is 6.10 Å². The highest BCUT2D eigenvalue weighted by Crippen LogP contribution is 2.19. The molecule has 3 N–H and O–H groups in total. The molecule has 3 unspecified atom stereocenters. The van der Waals surface area contributed by atoms with Gasteiger partial charge in [-0.3, -0.25) is 9.59 Å². The Kier molecular flexibility index (Phi) is 51.9. The van der Waals surface area contributed by atoms with Gasteiger partial charge in [0.05, 0.1) is 25.2 Å². The van der Waals surface area contributed by atoms with E-state index in [0.29, 0.717) is 19.3 Å². The summed E-state index contributed by atoms with van der Waals surface area (Å²) >= 11 is 0. The zero-order valence-electron chi connectivity index (χ0n) is 43.7. The summed E-state index contributed by atoms with van der Waals surface area (Å²) in [7, 11) is 0. The highest BCUT2D eigenvalue weighted by molar-refractivity contribution is 5.77. The van der Waals surface area contributed by atoms with Crippen LogP contribution in [0.15, 0.2) is 0 Å². The Morgan fingerprint density at radius 3 is 0.953 bits per heavy atom. The third-order valence-corrected chi connectivity index (χ3v) is 13.9. The number of aliphatic hydroxyl groups is 2. The summed E-state index contributed by atoms with van der Waals surface area (Å²) in [6.45, 7) is 6.53. The normalized spacial score (nSPS) is 13.0. The summed E-state index contributed by atoms with van der Waals surface area (Å²) in [5.41, 5.74) is 0. The second-order valence-corrected chi connectivity index (χ2v) is 20.4. The van der Waals surface area contributed by atoms with Crippen molar-refractivity contribution in [3.63, 3.8) is 0 Å². The topological polar surface area (TPSA) is 95.9 Å². The number of amides is 1. The highest BCUT2D eigenvalue weighted by atomic mass is 16.5. The van der Waals surface area contributed by atoms with E-state index in [1.54, 1.807) is 0 Å². The summed E-state index contributed by atoms with van der Waals surface area (Å²) in [6.07, 6.45) is 58.9. The van der Waals surface area contributed by atoms with Crippen LogP contribution in [0, 0.1) is 0 Å². The number of aliphatic hydroxyl groups excluding tert-OH is 2. The first-order valence-corrected chi connectivity index (χ1v) is 29.3. The molecular formula is C58H115NO5. The Labute approximate surface area is 400 Å². The molecule has 1 amide bonds. The highest BCUT2D eigenvalue weighted by Gasteiger charge is 2.24. The monoisotopic (exact) mass is 906 g/mol. The number of rotatable bonds is 54. The first-order valence-electron chi connectivity index (χ1n) is 29.3. The van der Waals surface area contributed by atoms with E-state index in [1.807, 2.05) is 0 Å². The maximum atomic E-state index is 13.2. The molecule has 3 atom stereocenters. The fourth-order valence-corrected chi connectivity index (χ4v) is 9.49. The second kappa shape index (κ2) is 52.8. The SMILES string of the molecule is CCCCCCCCCCCCCCCCCCCCCC(=O)OC(CCCCCCCCCCCCCCCCC)CC(=O)NC(CO)C(O)CCCCCCCCCCCCC. The standard InChI is InChI=1S/C58H115NO5/c1-4-7-10-13-16-19-22-24-26-27-28-29-31-33-36-39-42-45-48-51-58(63)64-54(49-46-43-40-37-35-32-30-25-23-20-17-14-11-8-5-2)52-57(62)59-55(53-60)56(61)50-47-44-41-38-34-21-18-15-12-9-6-3/h54-56,60-61H,4-53H2,1-3H3,(H,59,62). The van der Waals surface area contributed by atoms with Crippen LogP contribution in [-0.4, -0.2) is 46.9 Å². The van der Waals surface area contributed by atoms with E-state index in [4.69, 9.17) is 4.74 Å². The Morgan fingerprint density at radius 2 is 0.656 bits per heavy atom. The molecule has 0 saturated carbocycles. The molecule has 6 heteroatoms. The van der Waals surface area contributed by atoms with Crippen LogP contribution in [0.4, 0.5) is 0 Å². The van der Waals surface area contributed by atoms with Crippen molar-refractivity contribution in [1.29, 1.82) is 0 Å². The van der Waals surface area contributed by atoms with Gasteiger partial charge in [0.15, 0.2) is 0 Å². The molecule has 0 aliphatic heterocycles. The molecule has 0 aliphatic carbocycles. The van der Waals surface area contributed by atoms with Gasteiger partial charge in [-0.25, -0.2) is 0 Å². The third kappa shape index (κ3) is 47.4. The lowest BCUT2D eigenvalue weighted by atomic mass is 10.0. The number of carbonyl (C=O) groups is 2. The summed E-state index contributed by atoms with van der Waals surface area (Å²) in [6, 6.07) is -0.692. The minimum Gasteiger partial charge on any atom is -0.462 e. The minimum absolute atomic E-state index is 0.0885. The number of esters is 1. The number of ether oxygens (including phenoxy) is 1. The summed E-state index contributed by atoms with van der Waals surface area (Å²) in [5.74, 6) is -0.444. The van der Waals surface area contributed by atoms with Gasteiger partial charge in [-0.15, -0.1) is 0 Å². The van der Waals surface area contributed by atoms with Crippen molar-refractivity contribution in [1.82, 2.24) is 5.32 Å². The molecule has 0 aliphatic rings. The van der Waals surface area contributed by atoms with Gasteiger partial charge in [0, 0.05) is 6.42 Å². The van der Waals surface area contributed by atoms with Gasteiger partial charge in [-0.1, -0.05) is 297 Å². The van der Waals surface area contributed by atoms with E-state index in [0.717, 1.165) is 38.5 Å². The van der Waals surface area contributed by atoms with Crippen LogP contribution >= 0.6 is 0 Å². The van der Waals surface area contributed by atoms with Crippen molar-refractivity contribution in [2.24, 2.45) is 0 Å². The Balaban J connectivity index is 4.45. The molecule has 0 aromatic carbocycles. The van der Waals surface area contributed by atoms with Crippen molar-refractivity contribution in [3.05, 3.63) is 0 Å². The van der Waals surface area contributed by atoms with Gasteiger partial charge in [0.25, 0.3) is 0 Å². The van der Waals surface area contributed by atoms with Crippen molar-refractivity contribution in [2.45, 2.75) is 354 Å². The van der Waals surface area contributed by atoms with E-state index < -0.39 is 18.2 Å². The van der Waals surface area contributed by atoms with E-state index in [2.05, 4.69) is 26.1 Å². The Morgan fingerprint density at radius 1 is 0.391 bits per heavy atom. The maximum Gasteiger partial charge on any atom is 0.306 e. The molecular weight excluding hydrogens is 791 g/mol. The summed E-state index contributed by atoms with van der Waals surface area (Å²) < 4.78 is 5.97. The lowest BCUT2D eigenvalue weighted by Crippen LogP contribution is -2.46. The predicted molar refractivity (Wildman–Crippen MR) is 278 cm³/mol. The largest absolute Gasteiger partial charge is 0.462 e. The van der Waals surface area contributed by atoms with Crippen molar-refractivity contribution in [3.8, 4) is 0 Å². The summed E-state index contributed by atoms with van der Waals surface area (Å²) in [5, 5.41) is 23.8. The van der Waals surface area contributed by atoms with Crippen LogP contribution in [0.2, 0.25) is 0 Å². The predicted octanol–water partition coefficient (Wildman–Crippen LogP) is 17.9. The van der Waals surface area contributed by atoms with Crippen molar-refractivity contribution < 1.29 is 24.5 Å². The van der Waals surface area contributed by atoms with Crippen LogP contribution in [0.1, 0.15) is 335 Å². The zero-order chi connectivity index (χ0) is 46.7. The van der Waals surface area contributed by atoms with E-state index in [1.165, 1.54) is 250 Å². The maximum absolute atomic E-state index is 13.2. The molecule has 0 saturated heterocycles. The number of nitrogens with one attached hydrogen (secondary N) is 1. The molecule has 0 spiro atoms. The fraction of sp³-hybridized carbons (Fsp3) is 0.966. The molecule has 0 fully saturated rings. The van der Waals surface area contributed by atoms with Crippen LogP contribution in [0.5, 0.6) is 0 Å². The fourth-order valence-electron chi connectivity index (χ4n) is 9.49. The first kappa shape index (κ1) is 62.9. The first-order chi connectivity index (χ1) is 31.5. The smallest absolute Gasteiger partial charge is 0.306 e. The number of hydrogen-bond donors (Lipinski definition) is 3. The quantitative estimate of drug-likeness (QED) is 0.0417. The van der Waals surface area contributed by atoms with Gasteiger partial charge in [0.2, 0.25) is 5.91 Å². The lowest BCUT2D eigenvalue weighted by molar-refractivity contribution is -0.151. The average Bonchev–Trinajstić information content (AvgIpc) is 3.29. The number of hydrogen-bond acceptors (Lipinski definition) is 5. The van der Waals surface area contributed by atoms with Crippen LogP contribution in [-0.2, 0) is 14.3 Å². The Bertz CT molecular complexity index is 928. The number of unbranched alkanes of at least 4 members (excludes halogenated alkanes) is 42. The van der Waals surface area contributed by atoms with E-state index in [9.17, 15) is 19.8 Å². The van der Waals surface area contributed by atoms with Gasteiger partial charge in [-0.05, 0) is 25.7 Å².